The van der Waals surface area contributed by atoms with Gasteiger partial charge < -0.3 is 10.1 Å². The second kappa shape index (κ2) is 8.63. The number of methoxy groups -OCH3 is 1. The van der Waals surface area contributed by atoms with Crippen LogP contribution in [0, 0.1) is 12.3 Å². The minimum Gasteiger partial charge on any atom is -0.384 e. The van der Waals surface area contributed by atoms with Crippen LogP contribution in [0.3, 0.4) is 0 Å². The zero-order valence-electron chi connectivity index (χ0n) is 15.1. The maximum absolute atomic E-state index is 13.0. The Morgan fingerprint density at radius 3 is 2.69 bits per heavy atom. The van der Waals surface area contributed by atoms with Crippen LogP contribution in [0.2, 0.25) is 0 Å². The summed E-state index contributed by atoms with van der Waals surface area (Å²) in [6.07, 6.45) is 3.46. The molecule has 3 rings (SSSR count). The van der Waals surface area contributed by atoms with Crippen LogP contribution in [-0.2, 0) is 14.8 Å². The molecule has 1 aliphatic heterocycles. The van der Waals surface area contributed by atoms with Gasteiger partial charge in [0, 0.05) is 30.7 Å². The van der Waals surface area contributed by atoms with Gasteiger partial charge in [-0.15, -0.1) is 12.4 Å². The van der Waals surface area contributed by atoms with Gasteiger partial charge in [-0.05, 0) is 56.6 Å². The highest BCUT2D eigenvalue weighted by Crippen LogP contribution is 2.30. The van der Waals surface area contributed by atoms with Gasteiger partial charge in [-0.25, -0.2) is 13.1 Å². The molecule has 0 spiro atoms. The lowest BCUT2D eigenvalue weighted by molar-refractivity contribution is 0.0577. The van der Waals surface area contributed by atoms with Gasteiger partial charge >= 0.3 is 0 Å². The molecule has 1 aromatic heterocycles. The molecule has 1 aromatic carbocycles. The number of rotatable bonds is 6. The SMILES string of the molecule is COCC1(CNS(=O)(=O)c2ccc(C)c3ncccc23)CCNCC1.Cl. The van der Waals surface area contributed by atoms with Crippen LogP contribution in [-0.4, -0.2) is 46.8 Å². The molecule has 144 valence electrons. The summed E-state index contributed by atoms with van der Waals surface area (Å²) in [7, 11) is -1.96. The molecule has 2 aromatic rings. The molecule has 0 atom stereocenters. The third-order valence-corrected chi connectivity index (χ3v) is 6.43. The Hall–Kier alpha value is -1.25. The van der Waals surface area contributed by atoms with E-state index in [9.17, 15) is 8.42 Å². The molecule has 2 N–H and O–H groups in total. The van der Waals surface area contributed by atoms with Crippen molar-refractivity contribution in [2.45, 2.75) is 24.7 Å². The number of hydrogen-bond acceptors (Lipinski definition) is 5. The number of hydrogen-bond donors (Lipinski definition) is 2. The largest absolute Gasteiger partial charge is 0.384 e. The van der Waals surface area contributed by atoms with Crippen molar-refractivity contribution in [3.05, 3.63) is 36.0 Å². The van der Waals surface area contributed by atoms with Gasteiger partial charge in [-0.2, -0.15) is 0 Å². The van der Waals surface area contributed by atoms with Crippen molar-refractivity contribution >= 4 is 33.3 Å². The van der Waals surface area contributed by atoms with Gasteiger partial charge in [0.1, 0.15) is 0 Å². The fourth-order valence-electron chi connectivity index (χ4n) is 3.48. The molecule has 0 aliphatic carbocycles. The van der Waals surface area contributed by atoms with Crippen LogP contribution in [0.25, 0.3) is 10.9 Å². The monoisotopic (exact) mass is 399 g/mol. The van der Waals surface area contributed by atoms with Crippen LogP contribution in [0.1, 0.15) is 18.4 Å². The molecule has 0 saturated carbocycles. The van der Waals surface area contributed by atoms with Crippen molar-refractivity contribution in [3.8, 4) is 0 Å². The Kier molecular flexibility index (Phi) is 6.99. The number of sulfonamides is 1. The van der Waals surface area contributed by atoms with Gasteiger partial charge in [-0.3, -0.25) is 4.98 Å². The van der Waals surface area contributed by atoms with E-state index in [4.69, 9.17) is 4.74 Å². The topological polar surface area (TPSA) is 80.3 Å². The number of nitrogens with zero attached hydrogens (tertiary/aromatic N) is 1. The summed E-state index contributed by atoms with van der Waals surface area (Å²) in [5, 5.41) is 3.97. The normalized spacial score (nSPS) is 17.0. The van der Waals surface area contributed by atoms with Gasteiger partial charge in [-0.1, -0.05) is 6.07 Å². The third-order valence-electron chi connectivity index (χ3n) is 4.97. The van der Waals surface area contributed by atoms with Crippen LogP contribution in [0.15, 0.2) is 35.4 Å². The lowest BCUT2D eigenvalue weighted by atomic mass is 9.80. The van der Waals surface area contributed by atoms with E-state index in [1.807, 2.05) is 6.92 Å². The van der Waals surface area contributed by atoms with E-state index >= 15 is 0 Å². The van der Waals surface area contributed by atoms with Crippen LogP contribution in [0.4, 0.5) is 0 Å². The van der Waals surface area contributed by atoms with Crippen LogP contribution >= 0.6 is 12.4 Å². The number of aromatic nitrogens is 1. The zero-order valence-corrected chi connectivity index (χ0v) is 16.8. The molecule has 1 aliphatic rings. The van der Waals surface area contributed by atoms with Crippen molar-refractivity contribution in [2.75, 3.05) is 33.4 Å². The number of ether oxygens (including phenoxy) is 1. The molecule has 26 heavy (non-hydrogen) atoms. The Morgan fingerprint density at radius 1 is 1.27 bits per heavy atom. The van der Waals surface area contributed by atoms with Crippen molar-refractivity contribution in [2.24, 2.45) is 5.41 Å². The summed E-state index contributed by atoms with van der Waals surface area (Å²) < 4.78 is 34.1. The predicted octanol–water partition coefficient (Wildman–Crippen LogP) is 2.26. The Bertz CT molecular complexity index is 846. The minimum atomic E-state index is -3.63. The lowest BCUT2D eigenvalue weighted by Gasteiger charge is -2.37. The Labute approximate surface area is 161 Å². The highest BCUT2D eigenvalue weighted by molar-refractivity contribution is 7.89. The van der Waals surface area contributed by atoms with E-state index in [2.05, 4.69) is 15.0 Å². The first-order valence-electron chi connectivity index (χ1n) is 8.51. The number of piperidine rings is 1. The van der Waals surface area contributed by atoms with Gasteiger partial charge in [0.25, 0.3) is 0 Å². The number of aryl methyl sites for hydroxylation is 1. The first kappa shape index (κ1) is 21.1. The zero-order chi connectivity index (χ0) is 17.9. The van der Waals surface area contributed by atoms with E-state index in [1.54, 1.807) is 37.6 Å². The summed E-state index contributed by atoms with van der Waals surface area (Å²) in [5.41, 5.74) is 1.52. The average Bonchev–Trinajstić information content (AvgIpc) is 2.62. The van der Waals surface area contributed by atoms with Crippen molar-refractivity contribution < 1.29 is 13.2 Å². The lowest BCUT2D eigenvalue weighted by Crippen LogP contribution is -2.47. The van der Waals surface area contributed by atoms with E-state index < -0.39 is 10.0 Å². The van der Waals surface area contributed by atoms with E-state index in [0.717, 1.165) is 37.0 Å². The quantitative estimate of drug-likeness (QED) is 0.778. The molecular formula is C18H26ClN3O3S. The Morgan fingerprint density at radius 2 is 2.00 bits per heavy atom. The third kappa shape index (κ3) is 4.35. The predicted molar refractivity (Wildman–Crippen MR) is 105 cm³/mol. The second-order valence-electron chi connectivity index (χ2n) is 6.79. The van der Waals surface area contributed by atoms with E-state index in [1.165, 1.54) is 0 Å². The van der Waals surface area contributed by atoms with Gasteiger partial charge in [0.2, 0.25) is 10.0 Å². The van der Waals surface area contributed by atoms with Crippen LogP contribution in [0.5, 0.6) is 0 Å². The van der Waals surface area contributed by atoms with Crippen LogP contribution < -0.4 is 10.0 Å². The molecule has 1 fully saturated rings. The molecule has 0 unspecified atom stereocenters. The van der Waals surface area contributed by atoms with Gasteiger partial charge in [0.05, 0.1) is 17.0 Å². The first-order chi connectivity index (χ1) is 12.0. The molecule has 0 amide bonds. The highest BCUT2D eigenvalue weighted by Gasteiger charge is 2.34. The molecule has 0 bridgehead atoms. The molecule has 0 radical (unpaired) electrons. The molecule has 8 heteroatoms. The fourth-order valence-corrected chi connectivity index (χ4v) is 4.84. The number of halogens is 1. The van der Waals surface area contributed by atoms with Crippen molar-refractivity contribution in [1.82, 2.24) is 15.0 Å². The standard InChI is InChI=1S/C18H25N3O3S.ClH/c1-14-5-6-16(15-4-3-9-20-17(14)15)25(22,23)21-12-18(13-24-2)7-10-19-11-8-18;/h3-6,9,19,21H,7-8,10-13H2,1-2H3;1H. The molecule has 1 saturated heterocycles. The fraction of sp³-hybridized carbons (Fsp3) is 0.500. The summed E-state index contributed by atoms with van der Waals surface area (Å²) in [6, 6.07) is 7.03. The average molecular weight is 400 g/mol. The first-order valence-corrected chi connectivity index (χ1v) is 9.99. The molecular weight excluding hydrogens is 374 g/mol. The number of nitrogens with one attached hydrogen (secondary N) is 2. The van der Waals surface area contributed by atoms with Gasteiger partial charge in [0.15, 0.2) is 0 Å². The number of pyridine rings is 1. The molecule has 2 heterocycles. The van der Waals surface area contributed by atoms with Crippen molar-refractivity contribution in [1.29, 1.82) is 0 Å². The Balaban J connectivity index is 0.00000243. The van der Waals surface area contributed by atoms with Crippen molar-refractivity contribution in [3.63, 3.8) is 0 Å². The maximum Gasteiger partial charge on any atom is 0.241 e. The highest BCUT2D eigenvalue weighted by atomic mass is 35.5. The summed E-state index contributed by atoms with van der Waals surface area (Å²) in [4.78, 5) is 4.61. The summed E-state index contributed by atoms with van der Waals surface area (Å²) in [6.45, 7) is 4.61. The van der Waals surface area contributed by atoms with E-state index in [-0.39, 0.29) is 22.7 Å². The molecule has 6 nitrogen and oxygen atoms in total. The second-order valence-corrected chi connectivity index (χ2v) is 8.52. The summed E-state index contributed by atoms with van der Waals surface area (Å²) in [5.74, 6) is 0. The minimum absolute atomic E-state index is 0. The van der Waals surface area contributed by atoms with E-state index in [0.29, 0.717) is 18.5 Å². The number of fused-ring (bicyclic) bond motifs is 1. The number of benzene rings is 1. The summed E-state index contributed by atoms with van der Waals surface area (Å²) >= 11 is 0. The maximum atomic E-state index is 13.0. The smallest absolute Gasteiger partial charge is 0.241 e.